The summed E-state index contributed by atoms with van der Waals surface area (Å²) in [6.45, 7) is 1.42. The molecular weight excluding hydrogens is 328 g/mol. The summed E-state index contributed by atoms with van der Waals surface area (Å²) in [5, 5.41) is 10.2. The molecule has 1 saturated heterocycles. The maximum atomic E-state index is 12.4. The van der Waals surface area contributed by atoms with Crippen LogP contribution in [0.3, 0.4) is 0 Å². The summed E-state index contributed by atoms with van der Waals surface area (Å²) in [5.74, 6) is -0.0411. The molecule has 3 aromatic rings. The molecule has 1 amide bonds. The van der Waals surface area contributed by atoms with Crippen LogP contribution in [-0.4, -0.2) is 40.3 Å². The predicted octanol–water partition coefficient (Wildman–Crippen LogP) is 3.05. The third-order valence-corrected chi connectivity index (χ3v) is 4.57. The van der Waals surface area contributed by atoms with Crippen molar-refractivity contribution in [2.75, 3.05) is 13.2 Å². The average molecular weight is 348 g/mol. The van der Waals surface area contributed by atoms with Gasteiger partial charge in [-0.1, -0.05) is 18.2 Å². The van der Waals surface area contributed by atoms with Crippen LogP contribution in [0.25, 0.3) is 22.5 Å². The molecule has 0 saturated carbocycles. The SMILES string of the molecule is O=C(NC1CCOCC1)c1ccc(-c2cn[nH]c2-c2ccccn2)cc1. The number of carbonyl (C=O) groups is 1. The molecule has 3 heterocycles. The number of nitrogens with one attached hydrogen (secondary N) is 2. The van der Waals surface area contributed by atoms with Gasteiger partial charge in [0.2, 0.25) is 0 Å². The Labute approximate surface area is 151 Å². The minimum atomic E-state index is -0.0411. The summed E-state index contributed by atoms with van der Waals surface area (Å²) < 4.78 is 5.33. The quantitative estimate of drug-likeness (QED) is 0.759. The molecule has 0 aliphatic carbocycles. The van der Waals surface area contributed by atoms with Crippen LogP contribution in [0.15, 0.2) is 54.9 Å². The first-order chi connectivity index (χ1) is 12.8. The van der Waals surface area contributed by atoms with Crippen LogP contribution in [0.1, 0.15) is 23.2 Å². The second-order valence-corrected chi connectivity index (χ2v) is 6.31. The zero-order valence-electron chi connectivity index (χ0n) is 14.3. The molecule has 1 aliphatic rings. The van der Waals surface area contributed by atoms with Crippen molar-refractivity contribution in [2.24, 2.45) is 0 Å². The molecule has 0 radical (unpaired) electrons. The van der Waals surface area contributed by atoms with Gasteiger partial charge in [-0.25, -0.2) is 0 Å². The van der Waals surface area contributed by atoms with Crippen LogP contribution in [0, 0.1) is 0 Å². The fourth-order valence-electron chi connectivity index (χ4n) is 3.12. The maximum absolute atomic E-state index is 12.4. The van der Waals surface area contributed by atoms with Gasteiger partial charge in [-0.05, 0) is 42.7 Å². The zero-order valence-corrected chi connectivity index (χ0v) is 14.3. The van der Waals surface area contributed by atoms with Crippen LogP contribution in [0.2, 0.25) is 0 Å². The third-order valence-electron chi connectivity index (χ3n) is 4.57. The third kappa shape index (κ3) is 3.50. The average Bonchev–Trinajstić information content (AvgIpc) is 3.19. The molecule has 1 fully saturated rings. The van der Waals surface area contributed by atoms with Gasteiger partial charge in [-0.3, -0.25) is 14.9 Å². The lowest BCUT2D eigenvalue weighted by atomic mass is 10.0. The van der Waals surface area contributed by atoms with Crippen molar-refractivity contribution >= 4 is 5.91 Å². The summed E-state index contributed by atoms with van der Waals surface area (Å²) in [5.41, 5.74) is 4.30. The monoisotopic (exact) mass is 348 g/mol. The second-order valence-electron chi connectivity index (χ2n) is 6.31. The Balaban J connectivity index is 1.52. The smallest absolute Gasteiger partial charge is 0.251 e. The first kappa shape index (κ1) is 16.5. The normalized spacial score (nSPS) is 14.9. The highest BCUT2D eigenvalue weighted by atomic mass is 16.5. The summed E-state index contributed by atoms with van der Waals surface area (Å²) in [4.78, 5) is 16.8. The molecule has 26 heavy (non-hydrogen) atoms. The Morgan fingerprint density at radius 2 is 1.92 bits per heavy atom. The van der Waals surface area contributed by atoms with E-state index < -0.39 is 0 Å². The van der Waals surface area contributed by atoms with Gasteiger partial charge < -0.3 is 10.1 Å². The van der Waals surface area contributed by atoms with E-state index >= 15 is 0 Å². The van der Waals surface area contributed by atoms with Crippen LogP contribution in [0.5, 0.6) is 0 Å². The van der Waals surface area contributed by atoms with Crippen molar-refractivity contribution in [1.29, 1.82) is 0 Å². The number of nitrogens with zero attached hydrogens (tertiary/aromatic N) is 2. The number of aromatic amines is 1. The molecular formula is C20H20N4O2. The van der Waals surface area contributed by atoms with E-state index in [2.05, 4.69) is 20.5 Å². The maximum Gasteiger partial charge on any atom is 0.251 e. The van der Waals surface area contributed by atoms with Gasteiger partial charge in [0.25, 0.3) is 5.91 Å². The van der Waals surface area contributed by atoms with Gasteiger partial charge in [0.1, 0.15) is 0 Å². The summed E-state index contributed by atoms with van der Waals surface area (Å²) >= 11 is 0. The number of amides is 1. The molecule has 1 aromatic carbocycles. The Hall–Kier alpha value is -2.99. The van der Waals surface area contributed by atoms with E-state index in [9.17, 15) is 4.79 Å². The van der Waals surface area contributed by atoms with Gasteiger partial charge in [0, 0.05) is 36.6 Å². The number of ether oxygens (including phenoxy) is 1. The molecule has 0 atom stereocenters. The number of aromatic nitrogens is 3. The number of rotatable bonds is 4. The van der Waals surface area contributed by atoms with Crippen molar-refractivity contribution in [1.82, 2.24) is 20.5 Å². The van der Waals surface area contributed by atoms with Gasteiger partial charge in [-0.15, -0.1) is 0 Å². The number of hydrogen-bond acceptors (Lipinski definition) is 4. The number of H-pyrrole nitrogens is 1. The summed E-state index contributed by atoms with van der Waals surface area (Å²) in [6.07, 6.45) is 5.27. The zero-order chi connectivity index (χ0) is 17.8. The van der Waals surface area contributed by atoms with Crippen LogP contribution >= 0.6 is 0 Å². The van der Waals surface area contributed by atoms with E-state index in [0.717, 1.165) is 35.4 Å². The minimum Gasteiger partial charge on any atom is -0.381 e. The number of benzene rings is 1. The van der Waals surface area contributed by atoms with Gasteiger partial charge >= 0.3 is 0 Å². The summed E-state index contributed by atoms with van der Waals surface area (Å²) in [6, 6.07) is 13.5. The highest BCUT2D eigenvalue weighted by Gasteiger charge is 2.17. The molecule has 2 N–H and O–H groups in total. The van der Waals surface area contributed by atoms with Crippen molar-refractivity contribution in [3.8, 4) is 22.5 Å². The lowest BCUT2D eigenvalue weighted by Crippen LogP contribution is -2.38. The van der Waals surface area contributed by atoms with E-state index in [0.29, 0.717) is 18.8 Å². The van der Waals surface area contributed by atoms with Crippen molar-refractivity contribution < 1.29 is 9.53 Å². The minimum absolute atomic E-state index is 0.0411. The lowest BCUT2D eigenvalue weighted by Gasteiger charge is -2.23. The van der Waals surface area contributed by atoms with Crippen molar-refractivity contribution in [3.05, 3.63) is 60.4 Å². The van der Waals surface area contributed by atoms with Gasteiger partial charge in [-0.2, -0.15) is 5.10 Å². The lowest BCUT2D eigenvalue weighted by molar-refractivity contribution is 0.0696. The molecule has 6 nitrogen and oxygen atoms in total. The van der Waals surface area contributed by atoms with E-state index in [1.165, 1.54) is 0 Å². The highest BCUT2D eigenvalue weighted by molar-refractivity contribution is 5.95. The molecule has 6 heteroatoms. The van der Waals surface area contributed by atoms with Crippen LogP contribution in [-0.2, 0) is 4.74 Å². The molecule has 0 unspecified atom stereocenters. The number of carbonyl (C=O) groups excluding carboxylic acids is 1. The fraction of sp³-hybridized carbons (Fsp3) is 0.250. The topological polar surface area (TPSA) is 79.9 Å². The largest absolute Gasteiger partial charge is 0.381 e. The highest BCUT2D eigenvalue weighted by Crippen LogP contribution is 2.28. The number of pyridine rings is 1. The van der Waals surface area contributed by atoms with Gasteiger partial charge in [0.05, 0.1) is 17.6 Å². The standard InChI is InChI=1S/C20H20N4O2/c25-20(23-16-8-11-26-12-9-16)15-6-4-14(5-7-15)17-13-22-24-19(17)18-3-1-2-10-21-18/h1-7,10,13,16H,8-9,11-12H2,(H,22,24)(H,23,25). The van der Waals surface area contributed by atoms with Crippen LogP contribution in [0.4, 0.5) is 0 Å². The Kier molecular flexibility index (Phi) is 4.75. The number of hydrogen-bond donors (Lipinski definition) is 2. The fourth-order valence-corrected chi connectivity index (χ4v) is 3.12. The van der Waals surface area contributed by atoms with E-state index in [1.54, 1.807) is 12.4 Å². The molecule has 0 spiro atoms. The Morgan fingerprint density at radius 3 is 2.65 bits per heavy atom. The molecule has 132 valence electrons. The van der Waals surface area contributed by atoms with Crippen molar-refractivity contribution in [3.63, 3.8) is 0 Å². The van der Waals surface area contributed by atoms with E-state index in [4.69, 9.17) is 4.74 Å². The predicted molar refractivity (Wildman–Crippen MR) is 98.6 cm³/mol. The second kappa shape index (κ2) is 7.49. The van der Waals surface area contributed by atoms with Crippen molar-refractivity contribution in [2.45, 2.75) is 18.9 Å². The van der Waals surface area contributed by atoms with E-state index in [1.807, 2.05) is 42.5 Å². The molecule has 0 bridgehead atoms. The molecule has 1 aliphatic heterocycles. The Morgan fingerprint density at radius 1 is 1.12 bits per heavy atom. The van der Waals surface area contributed by atoms with Gasteiger partial charge in [0.15, 0.2) is 0 Å². The Bertz CT molecular complexity index is 868. The van der Waals surface area contributed by atoms with Crippen LogP contribution < -0.4 is 5.32 Å². The first-order valence-corrected chi connectivity index (χ1v) is 8.75. The van der Waals surface area contributed by atoms with E-state index in [-0.39, 0.29) is 11.9 Å². The summed E-state index contributed by atoms with van der Waals surface area (Å²) in [7, 11) is 0. The molecule has 2 aromatic heterocycles. The first-order valence-electron chi connectivity index (χ1n) is 8.75. The molecule has 4 rings (SSSR count).